The van der Waals surface area contributed by atoms with E-state index < -0.39 is 0 Å². The van der Waals surface area contributed by atoms with Crippen LogP contribution in [-0.2, 0) is 20.0 Å². The van der Waals surface area contributed by atoms with E-state index in [1.165, 1.54) is 0 Å². The molecule has 0 aromatic carbocycles. The molecular weight excluding hydrogens is 228 g/mol. The predicted molar refractivity (Wildman–Crippen MR) is 69.3 cm³/mol. The van der Waals surface area contributed by atoms with Gasteiger partial charge in [-0.2, -0.15) is 5.10 Å². The molecule has 6 heteroatoms. The highest BCUT2D eigenvalue weighted by Gasteiger charge is 2.09. The van der Waals surface area contributed by atoms with Crippen molar-refractivity contribution < 1.29 is 0 Å². The average Bonchev–Trinajstić information content (AvgIpc) is 2.74. The zero-order chi connectivity index (χ0) is 13.1. The van der Waals surface area contributed by atoms with E-state index in [2.05, 4.69) is 31.9 Å². The molecule has 0 N–H and O–H groups in total. The third-order valence-corrected chi connectivity index (χ3v) is 2.81. The number of hydrogen-bond acceptors (Lipinski definition) is 5. The third kappa shape index (κ3) is 2.64. The molecule has 2 heterocycles. The number of aryl methyl sites for hydroxylation is 3. The van der Waals surface area contributed by atoms with Gasteiger partial charge in [0, 0.05) is 25.9 Å². The zero-order valence-corrected chi connectivity index (χ0v) is 11.3. The topological polar surface area (TPSA) is 59.7 Å². The standard InChI is InChI=1S/C12H18N6/c1-5-10-6-11(16-9(2)15-10)17(3)7-12-13-8-14-18(12)4/h6,8H,5,7H2,1-4H3. The van der Waals surface area contributed by atoms with E-state index in [4.69, 9.17) is 0 Å². The Morgan fingerprint density at radius 3 is 2.72 bits per heavy atom. The van der Waals surface area contributed by atoms with Gasteiger partial charge in [-0.25, -0.2) is 15.0 Å². The maximum absolute atomic E-state index is 4.45. The molecular formula is C12H18N6. The highest BCUT2D eigenvalue weighted by atomic mass is 15.3. The van der Waals surface area contributed by atoms with E-state index in [1.807, 2.05) is 27.1 Å². The van der Waals surface area contributed by atoms with Gasteiger partial charge in [0.05, 0.1) is 6.54 Å². The van der Waals surface area contributed by atoms with Crippen molar-refractivity contribution in [3.8, 4) is 0 Å². The largest absolute Gasteiger partial charge is 0.352 e. The lowest BCUT2D eigenvalue weighted by Gasteiger charge is -2.18. The molecule has 0 saturated carbocycles. The highest BCUT2D eigenvalue weighted by Crippen LogP contribution is 2.13. The summed E-state index contributed by atoms with van der Waals surface area (Å²) < 4.78 is 1.77. The van der Waals surface area contributed by atoms with Gasteiger partial charge in [0.25, 0.3) is 0 Å². The molecule has 0 unspecified atom stereocenters. The zero-order valence-electron chi connectivity index (χ0n) is 11.3. The Balaban J connectivity index is 2.20. The summed E-state index contributed by atoms with van der Waals surface area (Å²) in [5, 5.41) is 4.06. The van der Waals surface area contributed by atoms with Gasteiger partial charge in [-0.1, -0.05) is 6.92 Å². The van der Waals surface area contributed by atoms with Gasteiger partial charge >= 0.3 is 0 Å². The Hall–Kier alpha value is -1.98. The van der Waals surface area contributed by atoms with Crippen molar-refractivity contribution in [2.24, 2.45) is 7.05 Å². The van der Waals surface area contributed by atoms with Crippen LogP contribution in [0, 0.1) is 6.92 Å². The summed E-state index contributed by atoms with van der Waals surface area (Å²) in [7, 11) is 3.88. The average molecular weight is 246 g/mol. The van der Waals surface area contributed by atoms with Gasteiger partial charge in [0.1, 0.15) is 23.8 Å². The van der Waals surface area contributed by atoms with Crippen molar-refractivity contribution in [2.45, 2.75) is 26.8 Å². The molecule has 0 fully saturated rings. The summed E-state index contributed by atoms with van der Waals surface area (Å²) in [5.41, 5.74) is 1.06. The first-order valence-electron chi connectivity index (χ1n) is 5.98. The maximum Gasteiger partial charge on any atom is 0.146 e. The van der Waals surface area contributed by atoms with E-state index in [9.17, 15) is 0 Å². The van der Waals surface area contributed by atoms with Crippen LogP contribution in [0.5, 0.6) is 0 Å². The van der Waals surface area contributed by atoms with Gasteiger partial charge < -0.3 is 4.90 Å². The molecule has 0 aliphatic heterocycles. The van der Waals surface area contributed by atoms with Crippen LogP contribution in [0.2, 0.25) is 0 Å². The second-order valence-corrected chi connectivity index (χ2v) is 4.27. The minimum atomic E-state index is 0.677. The Morgan fingerprint density at radius 1 is 1.33 bits per heavy atom. The van der Waals surface area contributed by atoms with Crippen LogP contribution < -0.4 is 4.90 Å². The molecule has 0 atom stereocenters. The normalized spacial score (nSPS) is 10.7. The van der Waals surface area contributed by atoms with E-state index in [0.29, 0.717) is 6.54 Å². The summed E-state index contributed by atoms with van der Waals surface area (Å²) in [6, 6.07) is 2.02. The lowest BCUT2D eigenvalue weighted by molar-refractivity contribution is 0.684. The van der Waals surface area contributed by atoms with E-state index in [0.717, 1.165) is 29.6 Å². The van der Waals surface area contributed by atoms with Crippen molar-refractivity contribution in [3.05, 3.63) is 29.7 Å². The molecule has 0 aliphatic rings. The van der Waals surface area contributed by atoms with Gasteiger partial charge in [-0.3, -0.25) is 4.68 Å². The molecule has 2 aromatic rings. The van der Waals surface area contributed by atoms with E-state index in [1.54, 1.807) is 11.0 Å². The number of anilines is 1. The van der Waals surface area contributed by atoms with Gasteiger partial charge in [0.2, 0.25) is 0 Å². The second-order valence-electron chi connectivity index (χ2n) is 4.27. The fourth-order valence-corrected chi connectivity index (χ4v) is 1.75. The summed E-state index contributed by atoms with van der Waals surface area (Å²) in [6.07, 6.45) is 2.47. The lowest BCUT2D eigenvalue weighted by atomic mass is 10.3. The maximum atomic E-state index is 4.45. The summed E-state index contributed by atoms with van der Waals surface area (Å²) in [4.78, 5) is 15.1. The number of rotatable bonds is 4. The summed E-state index contributed by atoms with van der Waals surface area (Å²) in [6.45, 7) is 4.68. The predicted octanol–water partition coefficient (Wildman–Crippen LogP) is 1.11. The molecule has 0 spiro atoms. The van der Waals surface area contributed by atoms with Gasteiger partial charge in [-0.05, 0) is 13.3 Å². The SMILES string of the molecule is CCc1cc(N(C)Cc2ncnn2C)nc(C)n1. The Kier molecular flexibility index (Phi) is 3.55. The number of hydrogen-bond donors (Lipinski definition) is 0. The molecule has 18 heavy (non-hydrogen) atoms. The molecule has 2 rings (SSSR count). The number of aromatic nitrogens is 5. The molecule has 0 saturated heterocycles. The molecule has 0 aliphatic carbocycles. The van der Waals surface area contributed by atoms with Crippen molar-refractivity contribution in [1.29, 1.82) is 0 Å². The van der Waals surface area contributed by atoms with E-state index >= 15 is 0 Å². The third-order valence-electron chi connectivity index (χ3n) is 2.81. The molecule has 0 bridgehead atoms. The first-order chi connectivity index (χ1) is 8.60. The minimum Gasteiger partial charge on any atom is -0.352 e. The lowest BCUT2D eigenvalue weighted by Crippen LogP contribution is -2.21. The van der Waals surface area contributed by atoms with Crippen LogP contribution in [0.3, 0.4) is 0 Å². The van der Waals surface area contributed by atoms with Crippen LogP contribution in [0.4, 0.5) is 5.82 Å². The molecule has 6 nitrogen and oxygen atoms in total. The Morgan fingerprint density at radius 2 is 2.11 bits per heavy atom. The second kappa shape index (κ2) is 5.12. The minimum absolute atomic E-state index is 0.677. The first-order valence-corrected chi connectivity index (χ1v) is 5.98. The van der Waals surface area contributed by atoms with Crippen LogP contribution in [0.25, 0.3) is 0 Å². The molecule has 2 aromatic heterocycles. The summed E-state index contributed by atoms with van der Waals surface area (Å²) >= 11 is 0. The quantitative estimate of drug-likeness (QED) is 0.809. The van der Waals surface area contributed by atoms with Crippen LogP contribution in [-0.4, -0.2) is 31.8 Å². The fraction of sp³-hybridized carbons (Fsp3) is 0.500. The van der Waals surface area contributed by atoms with Crippen LogP contribution in [0.15, 0.2) is 12.4 Å². The van der Waals surface area contributed by atoms with Crippen molar-refractivity contribution in [2.75, 3.05) is 11.9 Å². The Bertz CT molecular complexity index is 533. The fourth-order valence-electron chi connectivity index (χ4n) is 1.75. The molecule has 0 radical (unpaired) electrons. The number of nitrogens with zero attached hydrogens (tertiary/aromatic N) is 6. The van der Waals surface area contributed by atoms with Gasteiger partial charge in [-0.15, -0.1) is 0 Å². The smallest absolute Gasteiger partial charge is 0.146 e. The monoisotopic (exact) mass is 246 g/mol. The van der Waals surface area contributed by atoms with Crippen molar-refractivity contribution in [1.82, 2.24) is 24.7 Å². The van der Waals surface area contributed by atoms with Crippen LogP contribution in [0.1, 0.15) is 24.3 Å². The highest BCUT2D eigenvalue weighted by molar-refractivity contribution is 5.39. The van der Waals surface area contributed by atoms with Gasteiger partial charge in [0.15, 0.2) is 0 Å². The van der Waals surface area contributed by atoms with Crippen molar-refractivity contribution >= 4 is 5.82 Å². The van der Waals surface area contributed by atoms with Crippen LogP contribution >= 0.6 is 0 Å². The van der Waals surface area contributed by atoms with E-state index in [-0.39, 0.29) is 0 Å². The first kappa shape index (κ1) is 12.5. The Labute approximate surface area is 107 Å². The van der Waals surface area contributed by atoms with Crippen molar-refractivity contribution in [3.63, 3.8) is 0 Å². The molecule has 96 valence electrons. The molecule has 0 amide bonds. The summed E-state index contributed by atoms with van der Waals surface area (Å²) in [5.74, 6) is 2.63.